The van der Waals surface area contributed by atoms with E-state index in [0.717, 1.165) is 48.3 Å². The average Bonchev–Trinajstić information content (AvgIpc) is 3.60. The maximum Gasteiger partial charge on any atom is 0.315 e. The van der Waals surface area contributed by atoms with Gasteiger partial charge in [0.2, 0.25) is 0 Å². The van der Waals surface area contributed by atoms with Crippen molar-refractivity contribution >= 4 is 11.7 Å². The van der Waals surface area contributed by atoms with Crippen LogP contribution in [-0.4, -0.2) is 51.6 Å². The van der Waals surface area contributed by atoms with Crippen molar-refractivity contribution in [2.24, 2.45) is 0 Å². The molecule has 5 aromatic rings. The Labute approximate surface area is 221 Å². The van der Waals surface area contributed by atoms with Crippen molar-refractivity contribution in [2.45, 2.75) is 25.7 Å². The number of methoxy groups -OCH3 is 1. The van der Waals surface area contributed by atoms with Crippen LogP contribution >= 0.6 is 0 Å². The van der Waals surface area contributed by atoms with E-state index in [4.69, 9.17) is 24.0 Å². The van der Waals surface area contributed by atoms with Crippen LogP contribution in [0.1, 0.15) is 24.8 Å². The van der Waals surface area contributed by atoms with Gasteiger partial charge in [-0.2, -0.15) is 0 Å². The molecule has 5 rings (SSSR count). The Morgan fingerprint density at radius 2 is 1.87 bits per heavy atom. The zero-order chi connectivity index (χ0) is 26.2. The molecule has 3 aromatic heterocycles. The maximum atomic E-state index is 9.01. The van der Waals surface area contributed by atoms with E-state index in [1.54, 1.807) is 7.11 Å². The third-order valence-corrected chi connectivity index (χ3v) is 6.15. The third kappa shape index (κ3) is 6.12. The second kappa shape index (κ2) is 12.2. The van der Waals surface area contributed by atoms with Crippen molar-refractivity contribution < 1.29 is 19.0 Å². The zero-order valence-corrected chi connectivity index (χ0v) is 21.3. The fraction of sp³-hybridized carbons (Fsp3) is 0.276. The Morgan fingerprint density at radius 1 is 0.974 bits per heavy atom. The third-order valence-electron chi connectivity index (χ3n) is 6.15. The van der Waals surface area contributed by atoms with Gasteiger partial charge in [-0.1, -0.05) is 35.4 Å². The van der Waals surface area contributed by atoms with Gasteiger partial charge in [0.15, 0.2) is 0 Å². The number of aryl methyl sites for hydroxylation is 1. The molecule has 196 valence electrons. The standard InChI is InChI=1S/C29H31N5O4/c1-36-26-13-12-23(37-17-7-16-35)18-24(26)25-20-34-19-22(11-14-27(34)31-25)28-32-33-29(38-28)30-15-6-5-10-21-8-3-2-4-9-21/h2-4,8-9,11-14,18-20,35H,5-7,10,15-17H2,1H3,(H,30,33). The molecule has 0 fully saturated rings. The molecule has 0 radical (unpaired) electrons. The number of aliphatic hydroxyl groups is 1. The highest BCUT2D eigenvalue weighted by molar-refractivity contribution is 5.71. The first-order chi connectivity index (χ1) is 18.7. The molecular weight excluding hydrogens is 482 g/mol. The van der Waals surface area contributed by atoms with Crippen LogP contribution in [0.3, 0.4) is 0 Å². The van der Waals surface area contributed by atoms with E-state index in [9.17, 15) is 0 Å². The van der Waals surface area contributed by atoms with Crippen molar-refractivity contribution in [3.63, 3.8) is 0 Å². The van der Waals surface area contributed by atoms with Crippen molar-refractivity contribution in [2.75, 3.05) is 32.2 Å². The Balaban J connectivity index is 1.25. The summed E-state index contributed by atoms with van der Waals surface area (Å²) in [4.78, 5) is 4.76. The Kier molecular flexibility index (Phi) is 8.15. The molecule has 9 nitrogen and oxygen atoms in total. The van der Waals surface area contributed by atoms with Crippen molar-refractivity contribution in [1.29, 1.82) is 0 Å². The molecule has 0 saturated heterocycles. The van der Waals surface area contributed by atoms with Gasteiger partial charge in [-0.05, 0) is 55.2 Å². The molecular formula is C29H31N5O4. The van der Waals surface area contributed by atoms with E-state index >= 15 is 0 Å². The minimum Gasteiger partial charge on any atom is -0.496 e. The molecule has 0 aliphatic rings. The summed E-state index contributed by atoms with van der Waals surface area (Å²) < 4.78 is 19.1. The first-order valence-electron chi connectivity index (χ1n) is 12.8. The number of unbranched alkanes of at least 4 members (excludes halogenated alkanes) is 1. The fourth-order valence-electron chi connectivity index (χ4n) is 4.19. The summed E-state index contributed by atoms with van der Waals surface area (Å²) in [5, 5.41) is 20.6. The Hall–Kier alpha value is -4.37. The fourth-order valence-corrected chi connectivity index (χ4v) is 4.19. The van der Waals surface area contributed by atoms with Gasteiger partial charge in [-0.3, -0.25) is 0 Å². The molecule has 2 N–H and O–H groups in total. The van der Waals surface area contributed by atoms with E-state index in [-0.39, 0.29) is 6.61 Å². The van der Waals surface area contributed by atoms with Crippen LogP contribution < -0.4 is 14.8 Å². The summed E-state index contributed by atoms with van der Waals surface area (Å²) in [7, 11) is 1.63. The topological polar surface area (TPSA) is 107 Å². The Bertz CT molecular complexity index is 1460. The van der Waals surface area contributed by atoms with Crippen LogP contribution in [0, 0.1) is 0 Å². The first-order valence-corrected chi connectivity index (χ1v) is 12.8. The molecule has 0 spiro atoms. The summed E-state index contributed by atoms with van der Waals surface area (Å²) in [5.41, 5.74) is 4.47. The number of aliphatic hydroxyl groups excluding tert-OH is 1. The summed E-state index contributed by atoms with van der Waals surface area (Å²) >= 11 is 0. The smallest absolute Gasteiger partial charge is 0.315 e. The summed E-state index contributed by atoms with van der Waals surface area (Å²) in [6.07, 6.45) is 7.55. The summed E-state index contributed by atoms with van der Waals surface area (Å²) in [5.74, 6) is 1.82. The molecule has 3 heterocycles. The Morgan fingerprint density at radius 3 is 2.71 bits per heavy atom. The SMILES string of the molecule is COc1ccc(OCCCO)cc1-c1cn2cc(-c3nnc(NCCCCc4ccccc4)o3)ccc2n1. The lowest BCUT2D eigenvalue weighted by Gasteiger charge is -2.10. The number of anilines is 1. The van der Waals surface area contributed by atoms with E-state index < -0.39 is 0 Å². The lowest BCUT2D eigenvalue weighted by molar-refractivity contribution is 0.233. The monoisotopic (exact) mass is 513 g/mol. The number of fused-ring (bicyclic) bond motifs is 1. The quantitative estimate of drug-likeness (QED) is 0.206. The van der Waals surface area contributed by atoms with E-state index in [2.05, 4.69) is 39.8 Å². The minimum atomic E-state index is 0.0874. The highest BCUT2D eigenvalue weighted by Crippen LogP contribution is 2.33. The average molecular weight is 514 g/mol. The van der Waals surface area contributed by atoms with Crippen molar-refractivity contribution in [3.05, 3.63) is 78.6 Å². The van der Waals surface area contributed by atoms with Crippen LogP contribution in [0.15, 0.2) is 77.5 Å². The highest BCUT2D eigenvalue weighted by Gasteiger charge is 2.14. The number of nitrogens with zero attached hydrogens (tertiary/aromatic N) is 4. The van der Waals surface area contributed by atoms with Crippen molar-refractivity contribution in [1.82, 2.24) is 19.6 Å². The number of hydrogen-bond donors (Lipinski definition) is 2. The number of ether oxygens (including phenoxy) is 2. The lowest BCUT2D eigenvalue weighted by Crippen LogP contribution is -2.02. The molecule has 0 aliphatic heterocycles. The first kappa shape index (κ1) is 25.3. The number of benzene rings is 2. The lowest BCUT2D eigenvalue weighted by atomic mass is 10.1. The molecule has 2 aromatic carbocycles. The van der Waals surface area contributed by atoms with Gasteiger partial charge in [-0.15, -0.1) is 5.10 Å². The molecule has 38 heavy (non-hydrogen) atoms. The molecule has 0 saturated carbocycles. The predicted molar refractivity (Wildman–Crippen MR) is 146 cm³/mol. The van der Waals surface area contributed by atoms with Gasteiger partial charge < -0.3 is 28.7 Å². The normalized spacial score (nSPS) is 11.1. The largest absolute Gasteiger partial charge is 0.496 e. The van der Waals surface area contributed by atoms with Gasteiger partial charge in [0.1, 0.15) is 17.1 Å². The molecule has 0 unspecified atom stereocenters. The van der Waals surface area contributed by atoms with E-state index in [1.165, 1.54) is 5.56 Å². The number of imidazole rings is 1. The molecule has 0 bridgehead atoms. The van der Waals surface area contributed by atoms with Crippen molar-refractivity contribution in [3.8, 4) is 34.2 Å². The number of nitrogens with one attached hydrogen (secondary N) is 1. The van der Waals surface area contributed by atoms with Gasteiger partial charge in [0, 0.05) is 37.5 Å². The number of rotatable bonds is 13. The van der Waals surface area contributed by atoms with Gasteiger partial charge >= 0.3 is 6.01 Å². The summed E-state index contributed by atoms with van der Waals surface area (Å²) in [6, 6.07) is 20.3. The predicted octanol–water partition coefficient (Wildman–Crippen LogP) is 5.26. The summed E-state index contributed by atoms with van der Waals surface area (Å²) in [6.45, 7) is 1.29. The van der Waals surface area contributed by atoms with Crippen LogP contribution in [0.5, 0.6) is 11.5 Å². The maximum absolute atomic E-state index is 9.01. The molecule has 9 heteroatoms. The van der Waals surface area contributed by atoms with Crippen LogP contribution in [0.4, 0.5) is 6.01 Å². The van der Waals surface area contributed by atoms with Gasteiger partial charge in [0.25, 0.3) is 5.89 Å². The highest BCUT2D eigenvalue weighted by atomic mass is 16.5. The van der Waals surface area contributed by atoms with E-state index in [0.29, 0.717) is 36.4 Å². The second-order valence-electron chi connectivity index (χ2n) is 8.88. The van der Waals surface area contributed by atoms with Crippen LogP contribution in [0.25, 0.3) is 28.4 Å². The van der Waals surface area contributed by atoms with Gasteiger partial charge in [-0.25, -0.2) is 4.98 Å². The minimum absolute atomic E-state index is 0.0874. The van der Waals surface area contributed by atoms with Crippen LogP contribution in [0.2, 0.25) is 0 Å². The molecule has 0 amide bonds. The zero-order valence-electron chi connectivity index (χ0n) is 21.3. The van der Waals surface area contributed by atoms with Gasteiger partial charge in [0.05, 0.1) is 25.0 Å². The number of hydrogen-bond acceptors (Lipinski definition) is 8. The van der Waals surface area contributed by atoms with Crippen LogP contribution in [-0.2, 0) is 6.42 Å². The van der Waals surface area contributed by atoms with E-state index in [1.807, 2.05) is 53.2 Å². The molecule has 0 atom stereocenters. The molecule has 0 aliphatic carbocycles. The number of pyridine rings is 1. The second-order valence-corrected chi connectivity index (χ2v) is 8.88. The number of aromatic nitrogens is 4.